The van der Waals surface area contributed by atoms with Crippen molar-refractivity contribution in [2.45, 2.75) is 38.8 Å². The minimum Gasteiger partial charge on any atom is -0.369 e. The van der Waals surface area contributed by atoms with Crippen molar-refractivity contribution in [3.8, 4) is 0 Å². The zero-order valence-electron chi connectivity index (χ0n) is 11.8. The summed E-state index contributed by atoms with van der Waals surface area (Å²) in [4.78, 5) is 14.4. The number of anilines is 1. The lowest BCUT2D eigenvalue weighted by molar-refractivity contribution is 0.260. The number of aryl methyl sites for hydroxylation is 1. The van der Waals surface area contributed by atoms with Gasteiger partial charge in [-0.05, 0) is 47.5 Å². The quantitative estimate of drug-likeness (QED) is 0.887. The van der Waals surface area contributed by atoms with Crippen molar-refractivity contribution in [3.63, 3.8) is 0 Å². The van der Waals surface area contributed by atoms with Crippen LogP contribution in [-0.4, -0.2) is 28.9 Å². The highest BCUT2D eigenvalue weighted by molar-refractivity contribution is 9.10. The number of aromatic nitrogens is 2. The van der Waals surface area contributed by atoms with Crippen molar-refractivity contribution in [3.05, 3.63) is 21.0 Å². The van der Waals surface area contributed by atoms with Crippen LogP contribution in [0, 0.1) is 11.8 Å². The third-order valence-corrected chi connectivity index (χ3v) is 5.51. The first-order valence-corrected chi connectivity index (χ1v) is 8.17. The maximum absolute atomic E-state index is 12.2. The molecule has 3 atom stereocenters. The molecule has 5 nitrogen and oxygen atoms in total. The molecule has 1 aromatic heterocycles. The molecule has 1 aliphatic heterocycles. The predicted molar refractivity (Wildman–Crippen MR) is 82.9 cm³/mol. The molecule has 1 aromatic rings. The summed E-state index contributed by atoms with van der Waals surface area (Å²) in [7, 11) is 0. The average molecular weight is 341 g/mol. The van der Waals surface area contributed by atoms with Gasteiger partial charge in [0.2, 0.25) is 0 Å². The molecular formula is C14H21BrN4O. The SMILES string of the molecule is CCn1ncc(N2CC3CCCC(N)C3C2)c(Br)c1=O. The van der Waals surface area contributed by atoms with E-state index in [1.807, 2.05) is 6.92 Å². The second-order valence-electron chi connectivity index (χ2n) is 5.89. The molecule has 2 N–H and O–H groups in total. The second kappa shape index (κ2) is 5.48. The molecule has 0 aromatic carbocycles. The largest absolute Gasteiger partial charge is 0.369 e. The summed E-state index contributed by atoms with van der Waals surface area (Å²) >= 11 is 3.45. The Bertz CT molecular complexity index is 559. The van der Waals surface area contributed by atoms with E-state index in [-0.39, 0.29) is 5.56 Å². The third kappa shape index (κ3) is 2.29. The molecule has 0 spiro atoms. The molecule has 110 valence electrons. The van der Waals surface area contributed by atoms with Crippen LogP contribution >= 0.6 is 15.9 Å². The number of nitrogens with zero attached hydrogens (tertiary/aromatic N) is 3. The van der Waals surface area contributed by atoms with Crippen LogP contribution in [0.3, 0.4) is 0 Å². The molecule has 3 rings (SSSR count). The maximum Gasteiger partial charge on any atom is 0.283 e. The molecule has 1 saturated heterocycles. The van der Waals surface area contributed by atoms with Crippen LogP contribution in [0.1, 0.15) is 26.2 Å². The maximum atomic E-state index is 12.2. The number of halogens is 1. The lowest BCUT2D eigenvalue weighted by atomic mass is 9.78. The van der Waals surface area contributed by atoms with E-state index in [1.165, 1.54) is 17.5 Å². The Morgan fingerprint density at radius 1 is 1.45 bits per heavy atom. The fraction of sp³-hybridized carbons (Fsp3) is 0.714. The summed E-state index contributed by atoms with van der Waals surface area (Å²) in [5, 5.41) is 4.24. The normalized spacial score (nSPS) is 29.6. The highest BCUT2D eigenvalue weighted by atomic mass is 79.9. The Balaban J connectivity index is 1.88. The van der Waals surface area contributed by atoms with E-state index in [1.54, 1.807) is 6.20 Å². The van der Waals surface area contributed by atoms with Crippen LogP contribution < -0.4 is 16.2 Å². The van der Waals surface area contributed by atoms with Gasteiger partial charge in [0.05, 0.1) is 11.9 Å². The van der Waals surface area contributed by atoms with Gasteiger partial charge in [0, 0.05) is 25.7 Å². The standard InChI is InChI=1S/C14H21BrN4O/c1-2-19-14(20)13(15)12(6-17-19)18-7-9-4-3-5-11(16)10(9)8-18/h6,9-11H,2-5,7-8,16H2,1H3. The van der Waals surface area contributed by atoms with E-state index in [9.17, 15) is 4.79 Å². The zero-order valence-corrected chi connectivity index (χ0v) is 13.3. The summed E-state index contributed by atoms with van der Waals surface area (Å²) < 4.78 is 2.10. The number of nitrogens with two attached hydrogens (primary N) is 1. The molecule has 3 unspecified atom stereocenters. The first kappa shape index (κ1) is 14.1. The van der Waals surface area contributed by atoms with Gasteiger partial charge >= 0.3 is 0 Å². The van der Waals surface area contributed by atoms with Gasteiger partial charge < -0.3 is 10.6 Å². The lowest BCUT2D eigenvalue weighted by Gasteiger charge is -2.29. The van der Waals surface area contributed by atoms with Crippen molar-refractivity contribution in [2.75, 3.05) is 18.0 Å². The number of rotatable bonds is 2. The van der Waals surface area contributed by atoms with Crippen LogP contribution in [0.25, 0.3) is 0 Å². The molecule has 20 heavy (non-hydrogen) atoms. The molecule has 0 radical (unpaired) electrons. The zero-order chi connectivity index (χ0) is 14.3. The Hall–Kier alpha value is -0.880. The molecule has 2 heterocycles. The molecule has 0 amide bonds. The Kier molecular flexibility index (Phi) is 3.86. The molecule has 6 heteroatoms. The number of hydrogen-bond donors (Lipinski definition) is 1. The van der Waals surface area contributed by atoms with Gasteiger partial charge in [-0.3, -0.25) is 4.79 Å². The van der Waals surface area contributed by atoms with E-state index in [0.717, 1.165) is 25.2 Å². The molecule has 2 fully saturated rings. The monoisotopic (exact) mass is 340 g/mol. The van der Waals surface area contributed by atoms with Crippen LogP contribution in [0.4, 0.5) is 5.69 Å². The lowest BCUT2D eigenvalue weighted by Crippen LogP contribution is -2.38. The second-order valence-corrected chi connectivity index (χ2v) is 6.68. The van der Waals surface area contributed by atoms with Crippen molar-refractivity contribution in [1.29, 1.82) is 0 Å². The van der Waals surface area contributed by atoms with E-state index in [4.69, 9.17) is 5.73 Å². The van der Waals surface area contributed by atoms with Crippen LogP contribution in [-0.2, 0) is 6.54 Å². The molecule has 0 bridgehead atoms. The average Bonchev–Trinajstić information content (AvgIpc) is 2.87. The Morgan fingerprint density at radius 3 is 2.95 bits per heavy atom. The minimum absolute atomic E-state index is 0.0517. The van der Waals surface area contributed by atoms with Gasteiger partial charge in [0.15, 0.2) is 0 Å². The van der Waals surface area contributed by atoms with Crippen molar-refractivity contribution < 1.29 is 0 Å². The highest BCUT2D eigenvalue weighted by Gasteiger charge is 2.39. The first-order chi connectivity index (χ1) is 9.61. The fourth-order valence-electron chi connectivity index (χ4n) is 3.62. The van der Waals surface area contributed by atoms with Gasteiger partial charge in [-0.2, -0.15) is 5.10 Å². The first-order valence-electron chi connectivity index (χ1n) is 7.38. The Labute approximate surface area is 127 Å². The van der Waals surface area contributed by atoms with Crippen molar-refractivity contribution in [2.24, 2.45) is 17.6 Å². The summed E-state index contributed by atoms with van der Waals surface area (Å²) in [5.41, 5.74) is 7.12. The summed E-state index contributed by atoms with van der Waals surface area (Å²) in [5.74, 6) is 1.23. The van der Waals surface area contributed by atoms with Gasteiger partial charge in [-0.25, -0.2) is 4.68 Å². The van der Waals surface area contributed by atoms with E-state index in [2.05, 4.69) is 25.9 Å². The number of fused-ring (bicyclic) bond motifs is 1. The fourth-order valence-corrected chi connectivity index (χ4v) is 4.17. The predicted octanol–water partition coefficient (Wildman–Crippen LogP) is 1.59. The van der Waals surface area contributed by atoms with Gasteiger partial charge in [-0.15, -0.1) is 0 Å². The van der Waals surface area contributed by atoms with Crippen LogP contribution in [0.5, 0.6) is 0 Å². The minimum atomic E-state index is -0.0517. The van der Waals surface area contributed by atoms with Crippen LogP contribution in [0.2, 0.25) is 0 Å². The summed E-state index contributed by atoms with van der Waals surface area (Å²) in [6.07, 6.45) is 5.42. The van der Waals surface area contributed by atoms with Crippen molar-refractivity contribution in [1.82, 2.24) is 9.78 Å². The third-order valence-electron chi connectivity index (χ3n) is 4.76. The molecule has 1 aliphatic carbocycles. The Morgan fingerprint density at radius 2 is 2.25 bits per heavy atom. The highest BCUT2D eigenvalue weighted by Crippen LogP contribution is 2.38. The van der Waals surface area contributed by atoms with Crippen LogP contribution in [0.15, 0.2) is 15.5 Å². The molecular weight excluding hydrogens is 320 g/mol. The summed E-state index contributed by atoms with van der Waals surface area (Å²) in [6, 6.07) is 0.307. The molecule has 2 aliphatic rings. The smallest absolute Gasteiger partial charge is 0.283 e. The molecule has 1 saturated carbocycles. The topological polar surface area (TPSA) is 64.2 Å². The summed E-state index contributed by atoms with van der Waals surface area (Å²) in [6.45, 7) is 4.45. The van der Waals surface area contributed by atoms with Crippen molar-refractivity contribution >= 4 is 21.6 Å². The number of hydrogen-bond acceptors (Lipinski definition) is 4. The van der Waals surface area contributed by atoms with Gasteiger partial charge in [0.25, 0.3) is 5.56 Å². The van der Waals surface area contributed by atoms with Gasteiger partial charge in [-0.1, -0.05) is 6.42 Å². The van der Waals surface area contributed by atoms with E-state index in [0.29, 0.717) is 28.9 Å². The van der Waals surface area contributed by atoms with Gasteiger partial charge in [0.1, 0.15) is 4.47 Å². The van der Waals surface area contributed by atoms with E-state index >= 15 is 0 Å². The van der Waals surface area contributed by atoms with E-state index < -0.39 is 0 Å².